The van der Waals surface area contributed by atoms with Crippen LogP contribution in [0.2, 0.25) is 0 Å². The largest absolute Gasteiger partial charge is 0.493 e. The van der Waals surface area contributed by atoms with Crippen LogP contribution in [-0.2, 0) is 48.5 Å². The highest BCUT2D eigenvalue weighted by Gasteiger charge is 2.60. The molecule has 354 valence electrons. The van der Waals surface area contributed by atoms with Crippen molar-refractivity contribution in [3.63, 3.8) is 0 Å². The van der Waals surface area contributed by atoms with Gasteiger partial charge in [-0.2, -0.15) is 0 Å². The van der Waals surface area contributed by atoms with Gasteiger partial charge in [0, 0.05) is 55.8 Å². The Morgan fingerprint density at radius 3 is 1.55 bits per heavy atom. The fraction of sp³-hybridized carbons (Fsp3) is 0.608. The van der Waals surface area contributed by atoms with E-state index < -0.39 is 16.6 Å². The van der Waals surface area contributed by atoms with E-state index in [9.17, 15) is 0 Å². The zero-order chi connectivity index (χ0) is 47.0. The highest BCUT2D eigenvalue weighted by atomic mass is 16.7. The maximum atomic E-state index is 7.46. The average Bonchev–Trinajstić information content (AvgIpc) is 3.60. The van der Waals surface area contributed by atoms with Crippen LogP contribution in [0, 0.1) is 13.8 Å². The normalized spacial score (nSPS) is 21.8. The van der Waals surface area contributed by atoms with E-state index in [1.807, 2.05) is 55.4 Å². The topological polar surface area (TPSA) is 157 Å². The number of morpholine rings is 2. The number of ether oxygens (including phenoxy) is 6. The molecule has 0 bridgehead atoms. The van der Waals surface area contributed by atoms with Crippen molar-refractivity contribution in [2.24, 2.45) is 21.8 Å². The summed E-state index contributed by atoms with van der Waals surface area (Å²) in [6.45, 7) is 32.2. The first kappa shape index (κ1) is 46.8. The van der Waals surface area contributed by atoms with Gasteiger partial charge in [0.1, 0.15) is 11.2 Å². The molecule has 65 heavy (non-hydrogen) atoms. The Hall–Kier alpha value is -4.76. The van der Waals surface area contributed by atoms with Crippen LogP contribution in [-0.4, -0.2) is 99.5 Å². The number of amidine groups is 2. The summed E-state index contributed by atoms with van der Waals surface area (Å²) < 4.78 is 39.0. The van der Waals surface area contributed by atoms with Crippen LogP contribution in [0.5, 0.6) is 34.5 Å². The van der Waals surface area contributed by atoms with Crippen LogP contribution in [0.3, 0.4) is 0 Å². The van der Waals surface area contributed by atoms with Gasteiger partial charge in [0.15, 0.2) is 46.2 Å². The van der Waals surface area contributed by atoms with Crippen LogP contribution in [0.1, 0.15) is 138 Å². The zero-order valence-corrected chi connectivity index (χ0v) is 41.3. The number of methoxy groups -OCH3 is 2. The molecule has 1 atom stereocenters. The van der Waals surface area contributed by atoms with E-state index in [2.05, 4.69) is 59.9 Å². The Kier molecular flexibility index (Phi) is 12.1. The number of nitrogens with zero attached hydrogens (tertiary/aromatic N) is 4. The Bertz CT molecular complexity index is 2420. The Balaban J connectivity index is 1.43. The van der Waals surface area contributed by atoms with Crippen molar-refractivity contribution < 1.29 is 38.1 Å². The lowest BCUT2D eigenvalue weighted by atomic mass is 9.70. The lowest BCUT2D eigenvalue weighted by Gasteiger charge is -2.37. The molecule has 0 aromatic heterocycles. The van der Waals surface area contributed by atoms with Gasteiger partial charge in [0.05, 0.1) is 51.8 Å². The number of oxime groups is 2. The number of hydrogen-bond donors (Lipinski definition) is 2. The number of benzene rings is 3. The first-order valence-electron chi connectivity index (χ1n) is 23.2. The van der Waals surface area contributed by atoms with Crippen LogP contribution < -0.4 is 30.4 Å². The predicted octanol–water partition coefficient (Wildman–Crippen LogP) is 8.40. The van der Waals surface area contributed by atoms with Gasteiger partial charge in [-0.25, -0.2) is 0 Å². The molecule has 3 aromatic carbocycles. The second-order valence-electron chi connectivity index (χ2n) is 21.8. The monoisotopic (exact) mass is 897 g/mol. The van der Waals surface area contributed by atoms with Crippen molar-refractivity contribution in [2.75, 3.05) is 66.8 Å². The molecule has 1 spiro atoms. The molecule has 2 fully saturated rings. The molecule has 14 heteroatoms. The van der Waals surface area contributed by atoms with Gasteiger partial charge in [-0.1, -0.05) is 38.0 Å². The second-order valence-corrected chi connectivity index (χ2v) is 21.8. The van der Waals surface area contributed by atoms with Crippen molar-refractivity contribution in [3.05, 3.63) is 67.8 Å². The molecule has 0 saturated carbocycles. The molecule has 0 amide bonds. The summed E-state index contributed by atoms with van der Waals surface area (Å²) in [6.07, 6.45) is 1.74. The molecule has 8 rings (SSSR count). The minimum Gasteiger partial charge on any atom is -0.493 e. The molecule has 4 N–H and O–H groups in total. The summed E-state index contributed by atoms with van der Waals surface area (Å²) >= 11 is 0. The predicted molar refractivity (Wildman–Crippen MR) is 253 cm³/mol. The Morgan fingerprint density at radius 2 is 1.09 bits per heavy atom. The summed E-state index contributed by atoms with van der Waals surface area (Å²) in [5, 5.41) is 8.91. The first-order chi connectivity index (χ1) is 30.5. The van der Waals surface area contributed by atoms with Gasteiger partial charge in [0.2, 0.25) is 0 Å². The molecule has 1 unspecified atom stereocenters. The molecule has 14 nitrogen and oxygen atoms in total. The van der Waals surface area contributed by atoms with Crippen molar-refractivity contribution in [1.29, 1.82) is 0 Å². The van der Waals surface area contributed by atoms with E-state index in [0.717, 1.165) is 67.2 Å². The summed E-state index contributed by atoms with van der Waals surface area (Å²) in [5.41, 5.74) is 21.8. The van der Waals surface area contributed by atoms with Crippen molar-refractivity contribution in [1.82, 2.24) is 9.80 Å². The lowest BCUT2D eigenvalue weighted by molar-refractivity contribution is 0.000473. The van der Waals surface area contributed by atoms with Crippen molar-refractivity contribution in [3.8, 4) is 34.5 Å². The maximum absolute atomic E-state index is 7.46. The van der Waals surface area contributed by atoms with Gasteiger partial charge in [-0.15, -0.1) is 0 Å². The lowest BCUT2D eigenvalue weighted by Crippen LogP contribution is -2.38. The molecule has 3 aliphatic heterocycles. The molecule has 2 aliphatic carbocycles. The third kappa shape index (κ3) is 8.49. The van der Waals surface area contributed by atoms with Gasteiger partial charge < -0.3 is 49.6 Å². The minimum absolute atomic E-state index is 0.158. The third-order valence-electron chi connectivity index (χ3n) is 13.7. The molecular weight excluding hydrogens is 825 g/mol. The zero-order valence-electron chi connectivity index (χ0n) is 41.3. The van der Waals surface area contributed by atoms with Gasteiger partial charge in [0.25, 0.3) is 0 Å². The fourth-order valence-electron chi connectivity index (χ4n) is 11.0. The highest BCUT2D eigenvalue weighted by Crippen LogP contribution is 2.68. The summed E-state index contributed by atoms with van der Waals surface area (Å²) in [6, 6.07) is 4.46. The van der Waals surface area contributed by atoms with Gasteiger partial charge in [-0.3, -0.25) is 9.80 Å². The van der Waals surface area contributed by atoms with Crippen LogP contribution in [0.15, 0.2) is 22.4 Å². The Labute approximate surface area is 385 Å². The van der Waals surface area contributed by atoms with E-state index in [-0.39, 0.29) is 22.5 Å². The molecule has 3 aromatic rings. The smallest absolute Gasteiger partial charge is 0.182 e. The van der Waals surface area contributed by atoms with Crippen molar-refractivity contribution in [2.45, 2.75) is 136 Å². The molecule has 0 radical (unpaired) electrons. The standard InChI is InChI=1S/C51H72N6O8/c1-29-30(2)38(46(53)55-65-48(6,7)8)44-43(37(29)45(52)54-64-47(3,4)5)62-36-24-34-40(32(42(36)63-44)26-57-17-21-61-22-18-57)51(28-50(34,11)12)27-49(9,10)33-23-35(58-13)41(59-14)31(39(33)51)25-56-15-19-60-20-16-56/h23-24H,15-22,25-28H2,1-14H3,(H2,52,54)(H2,53,55). The SMILES string of the molecule is COc1cc2c(c(CN3CCOCC3)c1OC)C1(CC2(C)C)CC(C)(C)c2cc3c(c(CN4CCOCC4)c21)Oc1c(c(/C(N)=N/OC(C)(C)C)c(C)c(C)c1/C(N)=N/OC(C)(C)C)O3. The highest BCUT2D eigenvalue weighted by molar-refractivity contribution is 6.08. The summed E-state index contributed by atoms with van der Waals surface area (Å²) in [4.78, 5) is 16.8. The molecule has 5 aliphatic rings. The van der Waals surface area contributed by atoms with Crippen LogP contribution >= 0.6 is 0 Å². The minimum atomic E-state index is -0.593. The average molecular weight is 897 g/mol. The molecular formula is C51H72N6O8. The first-order valence-corrected chi connectivity index (χ1v) is 23.2. The van der Waals surface area contributed by atoms with E-state index in [1.54, 1.807) is 14.2 Å². The maximum Gasteiger partial charge on any atom is 0.182 e. The second kappa shape index (κ2) is 16.8. The quantitative estimate of drug-likeness (QED) is 0.0892. The van der Waals surface area contributed by atoms with E-state index >= 15 is 0 Å². The van der Waals surface area contributed by atoms with Crippen LogP contribution in [0.25, 0.3) is 0 Å². The number of hydrogen-bond acceptors (Lipinski definition) is 12. The summed E-state index contributed by atoms with van der Waals surface area (Å²) in [7, 11) is 3.50. The van der Waals surface area contributed by atoms with E-state index in [1.165, 1.54) is 27.8 Å². The number of rotatable bonds is 10. The van der Waals surface area contributed by atoms with Crippen molar-refractivity contribution >= 4 is 11.7 Å². The number of fused-ring (bicyclic) bond motifs is 6. The fourth-order valence-corrected chi connectivity index (χ4v) is 11.0. The van der Waals surface area contributed by atoms with Gasteiger partial charge >= 0.3 is 0 Å². The van der Waals surface area contributed by atoms with Gasteiger partial charge in [-0.05, 0) is 125 Å². The number of nitrogens with two attached hydrogens (primary N) is 2. The van der Waals surface area contributed by atoms with E-state index in [0.29, 0.717) is 73.6 Å². The molecule has 3 heterocycles. The Morgan fingerprint density at radius 1 is 0.646 bits per heavy atom. The molecule has 2 saturated heterocycles. The summed E-state index contributed by atoms with van der Waals surface area (Å²) in [5.74, 6) is 3.88. The van der Waals surface area contributed by atoms with Crippen LogP contribution in [0.4, 0.5) is 0 Å². The van der Waals surface area contributed by atoms with E-state index in [4.69, 9.17) is 49.6 Å². The third-order valence-corrected chi connectivity index (χ3v) is 13.7.